The lowest BCUT2D eigenvalue weighted by molar-refractivity contribution is -0.123. The molecule has 2 aliphatic rings. The first-order chi connectivity index (χ1) is 13.6. The Bertz CT molecular complexity index is 712. The van der Waals surface area contributed by atoms with Crippen molar-refractivity contribution in [3.63, 3.8) is 0 Å². The molecule has 1 heterocycles. The topological polar surface area (TPSA) is 81.7 Å². The van der Waals surface area contributed by atoms with Crippen LogP contribution in [0.5, 0.6) is 0 Å². The van der Waals surface area contributed by atoms with E-state index in [1.165, 1.54) is 0 Å². The second-order valence-corrected chi connectivity index (χ2v) is 7.67. The third-order valence-corrected chi connectivity index (χ3v) is 5.61. The number of urea groups is 1. The number of nitrogens with one attached hydrogen (secondary N) is 2. The third kappa shape index (κ3) is 4.38. The predicted molar refractivity (Wildman–Crippen MR) is 110 cm³/mol. The Morgan fingerprint density at radius 2 is 1.89 bits per heavy atom. The maximum Gasteiger partial charge on any atom is 0.318 e. The lowest BCUT2D eigenvalue weighted by Crippen LogP contribution is -2.70. The fraction of sp³-hybridized carbons (Fsp3) is 0.545. The number of benzene rings is 1. The maximum absolute atomic E-state index is 12.7. The van der Waals surface area contributed by atoms with Crippen LogP contribution in [-0.4, -0.2) is 53.7 Å². The van der Waals surface area contributed by atoms with Crippen molar-refractivity contribution in [1.29, 1.82) is 0 Å². The Kier molecular flexibility index (Phi) is 6.73. The molecule has 0 unspecified atom stereocenters. The van der Waals surface area contributed by atoms with Gasteiger partial charge in [-0.2, -0.15) is 0 Å². The van der Waals surface area contributed by atoms with Gasteiger partial charge < -0.3 is 20.6 Å². The summed E-state index contributed by atoms with van der Waals surface area (Å²) in [7, 11) is 0. The van der Waals surface area contributed by atoms with Crippen LogP contribution in [0.4, 0.5) is 4.79 Å². The summed E-state index contributed by atoms with van der Waals surface area (Å²) < 4.78 is 0. The summed E-state index contributed by atoms with van der Waals surface area (Å²) in [4.78, 5) is 26.5. The number of aliphatic hydroxyl groups is 1. The molecule has 1 aliphatic heterocycles. The normalized spacial score (nSPS) is 24.1. The molecule has 0 radical (unpaired) electrons. The number of nitrogens with zero attached hydrogens (tertiary/aromatic N) is 1. The van der Waals surface area contributed by atoms with E-state index >= 15 is 0 Å². The second kappa shape index (κ2) is 9.24. The van der Waals surface area contributed by atoms with Gasteiger partial charge in [0.25, 0.3) is 0 Å². The minimum absolute atomic E-state index is 0.00321. The van der Waals surface area contributed by atoms with Gasteiger partial charge in [-0.25, -0.2) is 4.79 Å². The molecule has 28 heavy (non-hydrogen) atoms. The highest BCUT2D eigenvalue weighted by molar-refractivity contribution is 5.81. The standard InChI is InChI=1S/C22H31N3O3/c1-3-5-15-6-8-16(9-7-15)20-18(13-24-21(27)17-10-11-17)25(19(20)14-26)22(28)23-12-4-2/h3,5-9,17-20,26H,4,10-14H2,1-2H3,(H,23,28)(H,24,27)/b5-3+/t18-,19-,20-/m0/s1. The molecule has 3 N–H and O–H groups in total. The summed E-state index contributed by atoms with van der Waals surface area (Å²) in [5.41, 5.74) is 2.19. The number of allylic oxidation sites excluding steroid dienone is 1. The Balaban J connectivity index is 1.77. The smallest absolute Gasteiger partial charge is 0.318 e. The summed E-state index contributed by atoms with van der Waals surface area (Å²) in [6.07, 6.45) is 6.78. The van der Waals surface area contributed by atoms with Gasteiger partial charge in [0.05, 0.1) is 18.7 Å². The Labute approximate surface area is 167 Å². The number of rotatable bonds is 8. The second-order valence-electron chi connectivity index (χ2n) is 7.67. The van der Waals surface area contributed by atoms with Gasteiger partial charge in [-0.3, -0.25) is 4.79 Å². The van der Waals surface area contributed by atoms with Gasteiger partial charge in [-0.15, -0.1) is 0 Å². The van der Waals surface area contributed by atoms with Crippen molar-refractivity contribution in [3.05, 3.63) is 41.5 Å². The Morgan fingerprint density at radius 3 is 2.46 bits per heavy atom. The van der Waals surface area contributed by atoms with Crippen LogP contribution in [-0.2, 0) is 4.79 Å². The zero-order valence-electron chi connectivity index (χ0n) is 16.7. The van der Waals surface area contributed by atoms with Gasteiger partial charge in [-0.1, -0.05) is 43.3 Å². The van der Waals surface area contributed by atoms with Crippen LogP contribution in [0.15, 0.2) is 30.3 Å². The van der Waals surface area contributed by atoms with E-state index in [9.17, 15) is 14.7 Å². The van der Waals surface area contributed by atoms with Crippen molar-refractivity contribution in [1.82, 2.24) is 15.5 Å². The maximum atomic E-state index is 12.7. The molecule has 1 aromatic carbocycles. The van der Waals surface area contributed by atoms with Crippen LogP contribution < -0.4 is 10.6 Å². The summed E-state index contributed by atoms with van der Waals surface area (Å²) in [5, 5.41) is 15.9. The summed E-state index contributed by atoms with van der Waals surface area (Å²) in [6.45, 7) is 4.88. The van der Waals surface area contributed by atoms with Crippen molar-refractivity contribution in [2.24, 2.45) is 5.92 Å². The van der Waals surface area contributed by atoms with Crippen LogP contribution in [0.2, 0.25) is 0 Å². The minimum atomic E-state index is -0.285. The molecular weight excluding hydrogens is 354 g/mol. The lowest BCUT2D eigenvalue weighted by Gasteiger charge is -2.54. The van der Waals surface area contributed by atoms with Gasteiger partial charge in [-0.05, 0) is 37.3 Å². The first-order valence-corrected chi connectivity index (χ1v) is 10.3. The molecule has 0 bridgehead atoms. The highest BCUT2D eigenvalue weighted by Gasteiger charge is 2.51. The Hall–Kier alpha value is -2.34. The molecule has 1 saturated heterocycles. The highest BCUT2D eigenvalue weighted by Crippen LogP contribution is 2.40. The van der Waals surface area contributed by atoms with E-state index in [0.717, 1.165) is 30.4 Å². The fourth-order valence-electron chi connectivity index (χ4n) is 3.96. The molecule has 0 spiro atoms. The molecule has 6 nitrogen and oxygen atoms in total. The van der Waals surface area contributed by atoms with Gasteiger partial charge >= 0.3 is 6.03 Å². The number of likely N-dealkylation sites (tertiary alicyclic amines) is 1. The van der Waals surface area contributed by atoms with Crippen molar-refractivity contribution in [3.8, 4) is 0 Å². The molecule has 6 heteroatoms. The zero-order valence-corrected chi connectivity index (χ0v) is 16.7. The highest BCUT2D eigenvalue weighted by atomic mass is 16.3. The lowest BCUT2D eigenvalue weighted by atomic mass is 9.75. The van der Waals surface area contributed by atoms with E-state index in [1.807, 2.05) is 38.1 Å². The van der Waals surface area contributed by atoms with Crippen LogP contribution in [0.1, 0.15) is 50.2 Å². The first kappa shape index (κ1) is 20.4. The molecule has 1 aromatic rings. The van der Waals surface area contributed by atoms with Gasteiger partial charge in [0.15, 0.2) is 0 Å². The van der Waals surface area contributed by atoms with E-state index in [4.69, 9.17) is 0 Å². The van der Waals surface area contributed by atoms with E-state index < -0.39 is 0 Å². The molecule has 152 valence electrons. The number of hydrogen-bond acceptors (Lipinski definition) is 3. The van der Waals surface area contributed by atoms with E-state index in [-0.39, 0.29) is 42.5 Å². The molecule has 3 amide bonds. The molecular formula is C22H31N3O3. The quantitative estimate of drug-likeness (QED) is 0.643. The van der Waals surface area contributed by atoms with E-state index in [1.54, 1.807) is 4.90 Å². The van der Waals surface area contributed by atoms with Crippen LogP contribution in [0, 0.1) is 5.92 Å². The summed E-state index contributed by atoms with van der Waals surface area (Å²) in [6, 6.07) is 7.58. The third-order valence-electron chi connectivity index (χ3n) is 5.61. The van der Waals surface area contributed by atoms with Crippen molar-refractivity contribution in [2.45, 2.75) is 51.1 Å². The zero-order chi connectivity index (χ0) is 20.1. The van der Waals surface area contributed by atoms with Crippen molar-refractivity contribution < 1.29 is 14.7 Å². The van der Waals surface area contributed by atoms with E-state index in [2.05, 4.69) is 22.8 Å². The minimum Gasteiger partial charge on any atom is -0.394 e. The van der Waals surface area contributed by atoms with E-state index in [0.29, 0.717) is 13.1 Å². The Morgan fingerprint density at radius 1 is 1.18 bits per heavy atom. The fourth-order valence-corrected chi connectivity index (χ4v) is 3.96. The molecule has 3 rings (SSSR count). The monoisotopic (exact) mass is 385 g/mol. The SMILES string of the molecule is C/C=C/c1ccc([C@@H]2[C@H](CO)N(C(=O)NCCC)[C@H]2CNC(=O)C2CC2)cc1. The largest absolute Gasteiger partial charge is 0.394 e. The van der Waals surface area contributed by atoms with Crippen molar-refractivity contribution >= 4 is 18.0 Å². The number of carbonyl (C=O) groups excluding carboxylic acids is 2. The molecule has 1 aliphatic carbocycles. The first-order valence-electron chi connectivity index (χ1n) is 10.3. The predicted octanol–water partition coefficient (Wildman–Crippen LogP) is 2.49. The average Bonchev–Trinajstić information content (AvgIpc) is 3.52. The molecule has 1 saturated carbocycles. The average molecular weight is 386 g/mol. The number of amides is 3. The number of aliphatic hydroxyl groups excluding tert-OH is 1. The summed E-state index contributed by atoms with van der Waals surface area (Å²) in [5.74, 6) is 0.203. The number of hydrogen-bond donors (Lipinski definition) is 3. The molecule has 3 atom stereocenters. The molecule has 2 fully saturated rings. The summed E-state index contributed by atoms with van der Waals surface area (Å²) >= 11 is 0. The van der Waals surface area contributed by atoms with Gasteiger partial charge in [0, 0.05) is 24.9 Å². The number of carbonyl (C=O) groups is 2. The van der Waals surface area contributed by atoms with Crippen LogP contribution in [0.3, 0.4) is 0 Å². The molecule has 0 aromatic heterocycles. The van der Waals surface area contributed by atoms with Gasteiger partial charge in [0.2, 0.25) is 5.91 Å². The van der Waals surface area contributed by atoms with Gasteiger partial charge in [0.1, 0.15) is 0 Å². The van der Waals surface area contributed by atoms with Crippen LogP contribution >= 0.6 is 0 Å². The van der Waals surface area contributed by atoms with Crippen molar-refractivity contribution in [2.75, 3.05) is 19.7 Å². The van der Waals surface area contributed by atoms with Crippen LogP contribution in [0.25, 0.3) is 6.08 Å².